The summed E-state index contributed by atoms with van der Waals surface area (Å²) in [5.41, 5.74) is 1.13. The van der Waals surface area contributed by atoms with Crippen molar-refractivity contribution >= 4 is 6.41 Å². The third-order valence-electron chi connectivity index (χ3n) is 1.25. The predicted molar refractivity (Wildman–Crippen MR) is 38.2 cm³/mol. The quantitative estimate of drug-likeness (QED) is 0.452. The summed E-state index contributed by atoms with van der Waals surface area (Å²) >= 11 is 0. The van der Waals surface area contributed by atoms with Gasteiger partial charge in [0.2, 0.25) is 0 Å². The van der Waals surface area contributed by atoms with Crippen LogP contribution in [0.3, 0.4) is 0 Å². The van der Waals surface area contributed by atoms with Crippen molar-refractivity contribution in [3.8, 4) is 0 Å². The molecule has 0 saturated heterocycles. The molecule has 10 heavy (non-hydrogen) atoms. The molecule has 3 nitrogen and oxygen atoms in total. The predicted octanol–water partition coefficient (Wildman–Crippen LogP) is 0.214. The Balaban J connectivity index is 2.21. The number of hydrogen-bond acceptors (Lipinski definition) is 1. The first-order chi connectivity index (χ1) is 4.93. The summed E-state index contributed by atoms with van der Waals surface area (Å²) in [4.78, 5) is 12.7. The Bertz CT molecular complexity index is 181. The molecule has 0 aliphatic carbocycles. The first kappa shape index (κ1) is 6.86. The smallest absolute Gasteiger partial charge is 0.309 e. The third-order valence-corrected chi connectivity index (χ3v) is 1.25. The third kappa shape index (κ3) is 1.93. The minimum Gasteiger partial charge on any atom is -0.365 e. The van der Waals surface area contributed by atoms with Gasteiger partial charge in [0.25, 0.3) is 0 Å². The summed E-state index contributed by atoms with van der Waals surface area (Å²) < 4.78 is 0. The van der Waals surface area contributed by atoms with Crippen LogP contribution in [0.5, 0.6) is 0 Å². The maximum absolute atomic E-state index is 9.69. The van der Waals surface area contributed by atoms with Crippen molar-refractivity contribution in [2.75, 3.05) is 6.54 Å². The molecule has 1 radical (unpaired) electrons. The molecule has 2 N–H and O–H groups in total. The van der Waals surface area contributed by atoms with Gasteiger partial charge in [0.05, 0.1) is 0 Å². The molecule has 0 saturated carbocycles. The number of aromatic amines is 1. The lowest BCUT2D eigenvalue weighted by Crippen LogP contribution is -2.14. The fraction of sp³-hybridized carbons (Fsp3) is 0.286. The molecule has 0 aliphatic heterocycles. The Hall–Kier alpha value is -1.25. The van der Waals surface area contributed by atoms with Gasteiger partial charge in [0, 0.05) is 24.9 Å². The molecule has 1 aromatic rings. The molecule has 1 aromatic heterocycles. The molecule has 0 bridgehead atoms. The highest BCUT2D eigenvalue weighted by atomic mass is 16.1. The van der Waals surface area contributed by atoms with Gasteiger partial charge in [-0.3, -0.25) is 4.79 Å². The van der Waals surface area contributed by atoms with E-state index in [-0.39, 0.29) is 0 Å². The lowest BCUT2D eigenvalue weighted by Gasteiger charge is -1.93. The van der Waals surface area contributed by atoms with Gasteiger partial charge in [-0.05, 0) is 12.1 Å². The molecule has 1 rings (SSSR count). The number of aromatic nitrogens is 1. The first-order valence-electron chi connectivity index (χ1n) is 3.16. The second kappa shape index (κ2) is 3.71. The van der Waals surface area contributed by atoms with E-state index in [2.05, 4.69) is 10.3 Å². The molecule has 3 heteroatoms. The van der Waals surface area contributed by atoms with E-state index in [1.807, 2.05) is 18.3 Å². The molecular weight excluding hydrogens is 128 g/mol. The highest BCUT2D eigenvalue weighted by Gasteiger charge is 1.89. The fourth-order valence-corrected chi connectivity index (χ4v) is 0.771. The SMILES string of the molecule is O=[C]NCCc1ccc[nH]1. The van der Waals surface area contributed by atoms with Crippen LogP contribution in [0.2, 0.25) is 0 Å². The maximum Gasteiger partial charge on any atom is 0.309 e. The van der Waals surface area contributed by atoms with Gasteiger partial charge in [-0.15, -0.1) is 0 Å². The van der Waals surface area contributed by atoms with Crippen LogP contribution >= 0.6 is 0 Å². The van der Waals surface area contributed by atoms with Crippen molar-refractivity contribution in [2.45, 2.75) is 6.42 Å². The number of amides is 1. The van der Waals surface area contributed by atoms with E-state index in [1.165, 1.54) is 0 Å². The zero-order valence-electron chi connectivity index (χ0n) is 5.55. The van der Waals surface area contributed by atoms with Gasteiger partial charge in [-0.2, -0.15) is 0 Å². The standard InChI is InChI=1S/C7H9N2O/c10-6-8-5-3-7-2-1-4-9-7/h1-2,4,9H,3,5H2,(H,8,10). The highest BCUT2D eigenvalue weighted by Crippen LogP contribution is 1.93. The Morgan fingerprint density at radius 2 is 2.60 bits per heavy atom. The summed E-state index contributed by atoms with van der Waals surface area (Å²) in [5, 5.41) is 2.46. The van der Waals surface area contributed by atoms with E-state index < -0.39 is 0 Å². The number of H-pyrrole nitrogens is 1. The Morgan fingerprint density at radius 3 is 3.20 bits per heavy atom. The van der Waals surface area contributed by atoms with Crippen LogP contribution in [0.4, 0.5) is 0 Å². The van der Waals surface area contributed by atoms with Crippen molar-refractivity contribution < 1.29 is 4.79 Å². The molecule has 0 unspecified atom stereocenters. The van der Waals surface area contributed by atoms with E-state index in [1.54, 1.807) is 6.41 Å². The summed E-state index contributed by atoms with van der Waals surface area (Å²) in [7, 11) is 0. The first-order valence-corrected chi connectivity index (χ1v) is 3.16. The van der Waals surface area contributed by atoms with Crippen LogP contribution < -0.4 is 5.32 Å². The van der Waals surface area contributed by atoms with Gasteiger partial charge in [-0.25, -0.2) is 0 Å². The topological polar surface area (TPSA) is 44.9 Å². The van der Waals surface area contributed by atoms with Crippen molar-refractivity contribution in [1.82, 2.24) is 10.3 Å². The minimum atomic E-state index is 0.643. The zero-order chi connectivity index (χ0) is 7.23. The lowest BCUT2D eigenvalue weighted by atomic mass is 10.3. The van der Waals surface area contributed by atoms with Gasteiger partial charge in [0.1, 0.15) is 0 Å². The van der Waals surface area contributed by atoms with Crippen LogP contribution in [-0.2, 0) is 11.2 Å². The van der Waals surface area contributed by atoms with Crippen molar-refractivity contribution in [3.05, 3.63) is 24.0 Å². The van der Waals surface area contributed by atoms with E-state index in [9.17, 15) is 4.79 Å². The second-order valence-electron chi connectivity index (χ2n) is 1.97. The molecule has 0 atom stereocenters. The van der Waals surface area contributed by atoms with E-state index in [4.69, 9.17) is 0 Å². The Kier molecular flexibility index (Phi) is 2.55. The van der Waals surface area contributed by atoms with Gasteiger partial charge >= 0.3 is 6.41 Å². The summed E-state index contributed by atoms with van der Waals surface area (Å²) in [5.74, 6) is 0. The number of nitrogens with one attached hydrogen (secondary N) is 2. The highest BCUT2D eigenvalue weighted by molar-refractivity contribution is 5.46. The monoisotopic (exact) mass is 137 g/mol. The molecule has 0 spiro atoms. The van der Waals surface area contributed by atoms with Crippen LogP contribution in [0, 0.1) is 0 Å². The molecule has 0 aliphatic rings. The Labute approximate surface area is 59.4 Å². The molecule has 0 aromatic carbocycles. The van der Waals surface area contributed by atoms with Crippen LogP contribution in [0.15, 0.2) is 18.3 Å². The summed E-state index contributed by atoms with van der Waals surface area (Å²) in [6, 6.07) is 3.91. The van der Waals surface area contributed by atoms with Crippen molar-refractivity contribution in [3.63, 3.8) is 0 Å². The average Bonchev–Trinajstić information content (AvgIpc) is 2.41. The molecule has 1 amide bonds. The van der Waals surface area contributed by atoms with Crippen molar-refractivity contribution in [2.24, 2.45) is 0 Å². The number of hydrogen-bond donors (Lipinski definition) is 2. The van der Waals surface area contributed by atoms with Crippen molar-refractivity contribution in [1.29, 1.82) is 0 Å². The molecular formula is C7H9N2O. The summed E-state index contributed by atoms with van der Waals surface area (Å²) in [6.07, 6.45) is 4.31. The molecule has 1 heterocycles. The molecule has 0 fully saturated rings. The minimum absolute atomic E-state index is 0.643. The maximum atomic E-state index is 9.69. The summed E-state index contributed by atoms with van der Waals surface area (Å²) in [6.45, 7) is 0.643. The van der Waals surface area contributed by atoms with Crippen LogP contribution in [0.1, 0.15) is 5.69 Å². The average molecular weight is 137 g/mol. The van der Waals surface area contributed by atoms with Gasteiger partial charge < -0.3 is 10.3 Å². The lowest BCUT2D eigenvalue weighted by molar-refractivity contribution is 0.542. The van der Waals surface area contributed by atoms with Gasteiger partial charge in [0.15, 0.2) is 0 Å². The second-order valence-corrected chi connectivity index (χ2v) is 1.97. The number of carbonyl (C=O) groups excluding carboxylic acids is 1. The zero-order valence-corrected chi connectivity index (χ0v) is 5.55. The van der Waals surface area contributed by atoms with E-state index >= 15 is 0 Å². The normalized spacial score (nSPS) is 9.20. The fourth-order valence-electron chi connectivity index (χ4n) is 0.771. The van der Waals surface area contributed by atoms with Crippen LogP contribution in [-0.4, -0.2) is 17.9 Å². The van der Waals surface area contributed by atoms with E-state index in [0.29, 0.717) is 6.54 Å². The Morgan fingerprint density at radius 1 is 1.70 bits per heavy atom. The number of rotatable bonds is 4. The van der Waals surface area contributed by atoms with Crippen LogP contribution in [0.25, 0.3) is 0 Å². The largest absolute Gasteiger partial charge is 0.365 e. The molecule has 53 valence electrons. The van der Waals surface area contributed by atoms with E-state index in [0.717, 1.165) is 12.1 Å². The van der Waals surface area contributed by atoms with Gasteiger partial charge in [-0.1, -0.05) is 0 Å².